The van der Waals surface area contributed by atoms with Crippen molar-refractivity contribution in [2.45, 2.75) is 24.9 Å². The van der Waals surface area contributed by atoms with E-state index in [1.54, 1.807) is 11.8 Å². The van der Waals surface area contributed by atoms with Crippen LogP contribution in [-0.2, 0) is 16.1 Å². The Kier molecular flexibility index (Phi) is 4.82. The van der Waals surface area contributed by atoms with Gasteiger partial charge in [-0.1, -0.05) is 0 Å². The van der Waals surface area contributed by atoms with Crippen LogP contribution in [0.2, 0.25) is 0 Å². The van der Waals surface area contributed by atoms with Gasteiger partial charge in [0.1, 0.15) is 5.75 Å². The highest BCUT2D eigenvalue weighted by Crippen LogP contribution is 2.18. The van der Waals surface area contributed by atoms with Gasteiger partial charge in [0, 0.05) is 19.4 Å². The van der Waals surface area contributed by atoms with Gasteiger partial charge < -0.3 is 20.5 Å². The van der Waals surface area contributed by atoms with Crippen LogP contribution in [0.3, 0.4) is 0 Å². The number of ether oxygens (including phenoxy) is 2. The average Bonchev–Trinajstić information content (AvgIpc) is 3.09. The van der Waals surface area contributed by atoms with Gasteiger partial charge in [0.15, 0.2) is 0 Å². The molecule has 1 saturated heterocycles. The number of nitrogens with two attached hydrogens (primary N) is 1. The lowest BCUT2D eigenvalue weighted by atomic mass is 9.90. The molecule has 0 radical (unpaired) electrons. The molecule has 0 unspecified atom stereocenters. The molecule has 1 aromatic heterocycles. The third-order valence-corrected chi connectivity index (χ3v) is 4.25. The second-order valence-electron chi connectivity index (χ2n) is 5.90. The largest absolute Gasteiger partial charge is 0.497 e. The van der Waals surface area contributed by atoms with E-state index in [9.17, 15) is 4.79 Å². The lowest BCUT2D eigenvalue weighted by Gasteiger charge is -2.31. The number of carbonyl (C=O) groups excluding carboxylic acids is 1. The van der Waals surface area contributed by atoms with Crippen molar-refractivity contribution in [3.05, 3.63) is 42.2 Å². The molecule has 1 fully saturated rings. The summed E-state index contributed by atoms with van der Waals surface area (Å²) in [5.41, 5.74) is 7.02. The lowest BCUT2D eigenvalue weighted by molar-refractivity contribution is -0.129. The van der Waals surface area contributed by atoms with Gasteiger partial charge in [0.25, 0.3) is 0 Å². The predicted molar refractivity (Wildman–Crippen MR) is 88.9 cm³/mol. The minimum atomic E-state index is -0.837. The maximum absolute atomic E-state index is 12.3. The van der Waals surface area contributed by atoms with Crippen LogP contribution in [0.25, 0.3) is 5.69 Å². The minimum absolute atomic E-state index is 0.148. The van der Waals surface area contributed by atoms with Crippen LogP contribution in [0.15, 0.2) is 36.5 Å². The summed E-state index contributed by atoms with van der Waals surface area (Å²) in [7, 11) is 1.63. The van der Waals surface area contributed by atoms with E-state index in [1.165, 1.54) is 0 Å². The summed E-state index contributed by atoms with van der Waals surface area (Å²) in [6.45, 7) is 1.40. The second kappa shape index (κ2) is 7.02. The van der Waals surface area contributed by atoms with Crippen molar-refractivity contribution in [1.82, 2.24) is 15.1 Å². The molecule has 3 N–H and O–H groups in total. The van der Waals surface area contributed by atoms with Gasteiger partial charge in [0.2, 0.25) is 5.91 Å². The third kappa shape index (κ3) is 3.58. The van der Waals surface area contributed by atoms with Crippen LogP contribution in [0.1, 0.15) is 18.5 Å². The molecule has 1 aromatic carbocycles. The maximum atomic E-state index is 12.3. The maximum Gasteiger partial charge on any atom is 0.240 e. The number of nitrogens with zero attached hydrogens (tertiary/aromatic N) is 2. The second-order valence-corrected chi connectivity index (χ2v) is 5.90. The van der Waals surface area contributed by atoms with E-state index in [0.717, 1.165) is 17.1 Å². The van der Waals surface area contributed by atoms with Gasteiger partial charge in [-0.3, -0.25) is 4.79 Å². The third-order valence-electron chi connectivity index (χ3n) is 4.25. The van der Waals surface area contributed by atoms with Crippen LogP contribution in [0.5, 0.6) is 5.75 Å². The Morgan fingerprint density at radius 3 is 2.71 bits per heavy atom. The fraction of sp³-hybridized carbons (Fsp3) is 0.412. The van der Waals surface area contributed by atoms with E-state index in [4.69, 9.17) is 15.2 Å². The number of hydrogen-bond acceptors (Lipinski definition) is 5. The summed E-state index contributed by atoms with van der Waals surface area (Å²) in [4.78, 5) is 12.3. The first-order chi connectivity index (χ1) is 11.6. The Balaban J connectivity index is 1.60. The van der Waals surface area contributed by atoms with E-state index in [-0.39, 0.29) is 5.91 Å². The number of methoxy groups -OCH3 is 1. The predicted octanol–water partition coefficient (Wildman–Crippen LogP) is 1.00. The summed E-state index contributed by atoms with van der Waals surface area (Å²) in [5.74, 6) is 0.646. The molecule has 128 valence electrons. The molecule has 0 atom stereocenters. The van der Waals surface area contributed by atoms with Crippen molar-refractivity contribution in [2.24, 2.45) is 5.73 Å². The van der Waals surface area contributed by atoms with Crippen molar-refractivity contribution in [3.8, 4) is 11.4 Å². The zero-order valence-electron chi connectivity index (χ0n) is 13.7. The molecule has 0 spiro atoms. The van der Waals surface area contributed by atoms with Crippen molar-refractivity contribution in [1.29, 1.82) is 0 Å². The standard InChI is InChI=1S/C17H22N4O3/c1-23-15-4-2-14(3-5-15)21-9-6-13(20-21)12-19-16(22)17(18)7-10-24-11-8-17/h2-6,9H,7-8,10-12,18H2,1H3,(H,19,22). The number of carbonyl (C=O) groups is 1. The molecule has 1 aliphatic rings. The Bertz CT molecular complexity index is 690. The molecular formula is C17H22N4O3. The van der Waals surface area contributed by atoms with E-state index in [1.807, 2.05) is 36.5 Å². The molecule has 7 nitrogen and oxygen atoms in total. The Morgan fingerprint density at radius 2 is 2.04 bits per heavy atom. The van der Waals surface area contributed by atoms with Crippen molar-refractivity contribution in [2.75, 3.05) is 20.3 Å². The van der Waals surface area contributed by atoms with Crippen LogP contribution in [0.4, 0.5) is 0 Å². The fourth-order valence-electron chi connectivity index (χ4n) is 2.64. The van der Waals surface area contributed by atoms with Gasteiger partial charge >= 0.3 is 0 Å². The molecule has 0 aliphatic carbocycles. The number of amides is 1. The smallest absolute Gasteiger partial charge is 0.240 e. The van der Waals surface area contributed by atoms with Crippen molar-refractivity contribution >= 4 is 5.91 Å². The monoisotopic (exact) mass is 330 g/mol. The SMILES string of the molecule is COc1ccc(-n2ccc(CNC(=O)C3(N)CCOCC3)n2)cc1. The van der Waals surface area contributed by atoms with Crippen LogP contribution in [-0.4, -0.2) is 41.6 Å². The highest BCUT2D eigenvalue weighted by molar-refractivity contribution is 5.86. The zero-order chi connectivity index (χ0) is 17.0. The van der Waals surface area contributed by atoms with E-state index in [2.05, 4.69) is 10.4 Å². The highest BCUT2D eigenvalue weighted by Gasteiger charge is 2.35. The molecule has 2 heterocycles. The summed E-state index contributed by atoms with van der Waals surface area (Å²) in [6.07, 6.45) is 2.94. The first-order valence-corrected chi connectivity index (χ1v) is 7.95. The normalized spacial score (nSPS) is 16.6. The topological polar surface area (TPSA) is 91.4 Å². The van der Waals surface area contributed by atoms with Gasteiger partial charge in [-0.15, -0.1) is 0 Å². The first-order valence-electron chi connectivity index (χ1n) is 7.95. The van der Waals surface area contributed by atoms with Gasteiger partial charge in [-0.25, -0.2) is 4.68 Å². The molecule has 1 amide bonds. The number of hydrogen-bond donors (Lipinski definition) is 2. The average molecular weight is 330 g/mol. The fourth-order valence-corrected chi connectivity index (χ4v) is 2.64. The van der Waals surface area contributed by atoms with E-state index < -0.39 is 5.54 Å². The zero-order valence-corrected chi connectivity index (χ0v) is 13.7. The summed E-state index contributed by atoms with van der Waals surface area (Å²) in [6, 6.07) is 9.47. The van der Waals surface area contributed by atoms with Crippen LogP contribution in [0, 0.1) is 0 Å². The molecule has 0 saturated carbocycles. The highest BCUT2D eigenvalue weighted by atomic mass is 16.5. The quantitative estimate of drug-likeness (QED) is 0.853. The molecule has 2 aromatic rings. The van der Waals surface area contributed by atoms with Crippen molar-refractivity contribution < 1.29 is 14.3 Å². The lowest BCUT2D eigenvalue weighted by Crippen LogP contribution is -2.56. The van der Waals surface area contributed by atoms with E-state index in [0.29, 0.717) is 32.6 Å². The summed E-state index contributed by atoms with van der Waals surface area (Å²) in [5, 5.41) is 7.35. The molecule has 0 bridgehead atoms. The molecule has 24 heavy (non-hydrogen) atoms. The number of nitrogens with one attached hydrogen (secondary N) is 1. The van der Waals surface area contributed by atoms with Gasteiger partial charge in [0.05, 0.1) is 30.6 Å². The Morgan fingerprint density at radius 1 is 1.33 bits per heavy atom. The molecule has 7 heteroatoms. The van der Waals surface area contributed by atoms with E-state index >= 15 is 0 Å². The summed E-state index contributed by atoms with van der Waals surface area (Å²) < 4.78 is 12.2. The molecular weight excluding hydrogens is 308 g/mol. The number of aromatic nitrogens is 2. The van der Waals surface area contributed by atoms with Crippen molar-refractivity contribution in [3.63, 3.8) is 0 Å². The van der Waals surface area contributed by atoms with Crippen LogP contribution < -0.4 is 15.8 Å². The minimum Gasteiger partial charge on any atom is -0.497 e. The Labute approximate surface area is 140 Å². The van der Waals surface area contributed by atoms with Crippen LogP contribution >= 0.6 is 0 Å². The first kappa shape index (κ1) is 16.5. The number of rotatable bonds is 5. The Hall–Kier alpha value is -2.38. The van der Waals surface area contributed by atoms with Gasteiger partial charge in [-0.05, 0) is 43.2 Å². The molecule has 3 rings (SSSR count). The molecule has 1 aliphatic heterocycles. The number of benzene rings is 1. The summed E-state index contributed by atoms with van der Waals surface area (Å²) >= 11 is 0. The van der Waals surface area contributed by atoms with Gasteiger partial charge in [-0.2, -0.15) is 5.10 Å².